The molecule has 3 heteroatoms. The molecule has 0 aromatic carbocycles. The summed E-state index contributed by atoms with van der Waals surface area (Å²) >= 11 is 5.57. The van der Waals surface area contributed by atoms with E-state index in [0.29, 0.717) is 0 Å². The van der Waals surface area contributed by atoms with Gasteiger partial charge in [0.1, 0.15) is 4.71 Å². The van der Waals surface area contributed by atoms with E-state index in [1.165, 1.54) is 0 Å². The first kappa shape index (κ1) is 4.88. The molecule has 1 rings (SSSR count). The van der Waals surface area contributed by atoms with E-state index in [0.717, 1.165) is 0 Å². The van der Waals surface area contributed by atoms with Crippen molar-refractivity contribution in [3.63, 3.8) is 0 Å². The topological polar surface area (TPSA) is 0 Å². The molecule has 1 heterocycles. The summed E-state index contributed by atoms with van der Waals surface area (Å²) in [5.41, 5.74) is 0. The van der Waals surface area contributed by atoms with Gasteiger partial charge in [0, 0.05) is 0 Å². The average molecular weight is 139 g/mol. The maximum atomic E-state index is 5.57. The minimum absolute atomic E-state index is 0.218. The first-order valence-electron chi connectivity index (χ1n) is 1.52. The van der Waals surface area contributed by atoms with Crippen LogP contribution in [0.3, 0.4) is 0 Å². The molecule has 0 bridgehead atoms. The molecule has 0 nitrogen and oxygen atoms in total. The molecule has 1 unspecified atom stereocenters. The summed E-state index contributed by atoms with van der Waals surface area (Å²) in [6.45, 7) is 0. The minimum Gasteiger partial charge on any atom is -0.106 e. The van der Waals surface area contributed by atoms with Crippen molar-refractivity contribution >= 4 is 33.2 Å². The molecule has 6 heavy (non-hydrogen) atoms. The van der Waals surface area contributed by atoms with Crippen LogP contribution in [0.15, 0.2) is 11.5 Å². The molecule has 1 atom stereocenters. The summed E-state index contributed by atoms with van der Waals surface area (Å²) in [6, 6.07) is 0. The summed E-state index contributed by atoms with van der Waals surface area (Å²) < 4.78 is 0.218. The van der Waals surface area contributed by atoms with Crippen LogP contribution >= 0.6 is 33.2 Å². The van der Waals surface area contributed by atoms with Crippen LogP contribution in [-0.2, 0) is 0 Å². The number of halogens is 1. The zero-order valence-electron chi connectivity index (χ0n) is 2.93. The number of rotatable bonds is 0. The minimum atomic E-state index is 0.218. The molecule has 1 aliphatic rings. The van der Waals surface area contributed by atoms with Crippen LogP contribution in [0.4, 0.5) is 0 Å². The van der Waals surface area contributed by atoms with Crippen LogP contribution in [0.2, 0.25) is 0 Å². The van der Waals surface area contributed by atoms with Gasteiger partial charge in [0.25, 0.3) is 0 Å². The van der Waals surface area contributed by atoms with Gasteiger partial charge in [-0.25, -0.2) is 0 Å². The molecule has 0 spiro atoms. The van der Waals surface area contributed by atoms with Crippen molar-refractivity contribution in [3.8, 4) is 0 Å². The van der Waals surface area contributed by atoms with Crippen molar-refractivity contribution in [1.29, 1.82) is 0 Å². The first-order valence-corrected chi connectivity index (χ1v) is 4.24. The zero-order chi connectivity index (χ0) is 4.41. The van der Waals surface area contributed by atoms with Gasteiger partial charge in [-0.2, -0.15) is 0 Å². The van der Waals surface area contributed by atoms with E-state index >= 15 is 0 Å². The molecule has 1 aliphatic heterocycles. The standard InChI is InChI=1S/C3H3ClS2/c4-3-1-2-5-6-3/h1-3H. The highest BCUT2D eigenvalue weighted by atomic mass is 35.5. The van der Waals surface area contributed by atoms with Gasteiger partial charge < -0.3 is 0 Å². The largest absolute Gasteiger partial charge is 0.108 e. The number of hydrogen-bond acceptors (Lipinski definition) is 2. The van der Waals surface area contributed by atoms with E-state index in [2.05, 4.69) is 0 Å². The van der Waals surface area contributed by atoms with Gasteiger partial charge >= 0.3 is 0 Å². The second kappa shape index (κ2) is 2.15. The molecule has 0 saturated carbocycles. The third-order valence-corrected chi connectivity index (χ3v) is 3.17. The third-order valence-electron chi connectivity index (χ3n) is 0.433. The lowest BCUT2D eigenvalue weighted by Gasteiger charge is -1.85. The molecule has 0 fully saturated rings. The Labute approximate surface area is 49.7 Å². The van der Waals surface area contributed by atoms with E-state index < -0.39 is 0 Å². The molecule has 34 valence electrons. The van der Waals surface area contributed by atoms with Gasteiger partial charge in [-0.05, 0) is 11.5 Å². The Kier molecular flexibility index (Phi) is 1.74. The van der Waals surface area contributed by atoms with Crippen molar-refractivity contribution in [2.75, 3.05) is 0 Å². The summed E-state index contributed by atoms with van der Waals surface area (Å²) in [5.74, 6) is 0. The maximum absolute atomic E-state index is 5.57. The second-order valence-corrected chi connectivity index (χ2v) is 3.92. The lowest BCUT2D eigenvalue weighted by Crippen LogP contribution is -1.70. The fourth-order valence-electron chi connectivity index (χ4n) is 0.211. The monoisotopic (exact) mass is 138 g/mol. The van der Waals surface area contributed by atoms with Crippen molar-refractivity contribution in [2.24, 2.45) is 0 Å². The van der Waals surface area contributed by atoms with Crippen molar-refractivity contribution in [3.05, 3.63) is 11.5 Å². The normalized spacial score (nSPS) is 31.8. The quantitative estimate of drug-likeness (QED) is 0.373. The number of alkyl halides is 1. The molecule has 0 saturated heterocycles. The molecule has 0 amide bonds. The third kappa shape index (κ3) is 1.10. The fourth-order valence-corrected chi connectivity index (χ4v) is 2.28. The predicted molar refractivity (Wildman–Crippen MR) is 34.0 cm³/mol. The molecular formula is C3H3ClS2. The lowest BCUT2D eigenvalue weighted by molar-refractivity contribution is 1.68. The highest BCUT2D eigenvalue weighted by Crippen LogP contribution is 2.37. The Hall–Kier alpha value is 0.730. The second-order valence-electron chi connectivity index (χ2n) is 0.872. The van der Waals surface area contributed by atoms with E-state index in [9.17, 15) is 0 Å². The Bertz CT molecular complexity index is 71.2. The van der Waals surface area contributed by atoms with Crippen molar-refractivity contribution < 1.29 is 0 Å². The van der Waals surface area contributed by atoms with Crippen LogP contribution in [-0.4, -0.2) is 4.71 Å². The van der Waals surface area contributed by atoms with Crippen LogP contribution in [0, 0.1) is 0 Å². The van der Waals surface area contributed by atoms with E-state index in [-0.39, 0.29) is 4.71 Å². The summed E-state index contributed by atoms with van der Waals surface area (Å²) in [6.07, 6.45) is 1.97. The van der Waals surface area contributed by atoms with Gasteiger partial charge in [-0.1, -0.05) is 21.6 Å². The fraction of sp³-hybridized carbons (Fsp3) is 0.333. The maximum Gasteiger partial charge on any atom is 0.108 e. The van der Waals surface area contributed by atoms with Crippen molar-refractivity contribution in [2.45, 2.75) is 4.71 Å². The molecule has 0 N–H and O–H groups in total. The molecule has 0 aromatic rings. The predicted octanol–water partition coefficient (Wildman–Crippen LogP) is 2.46. The van der Waals surface area contributed by atoms with Crippen LogP contribution in [0.1, 0.15) is 0 Å². The van der Waals surface area contributed by atoms with Gasteiger partial charge in [0.15, 0.2) is 0 Å². The van der Waals surface area contributed by atoms with Gasteiger partial charge in [-0.15, -0.1) is 11.6 Å². The van der Waals surface area contributed by atoms with Crippen LogP contribution in [0.5, 0.6) is 0 Å². The van der Waals surface area contributed by atoms with E-state index in [1.54, 1.807) is 21.6 Å². The Morgan fingerprint density at radius 1 is 1.67 bits per heavy atom. The molecule has 0 radical (unpaired) electrons. The molecular weight excluding hydrogens is 136 g/mol. The van der Waals surface area contributed by atoms with E-state index in [4.69, 9.17) is 11.6 Å². The molecule has 0 aliphatic carbocycles. The van der Waals surface area contributed by atoms with Gasteiger partial charge in [-0.3, -0.25) is 0 Å². The van der Waals surface area contributed by atoms with Crippen LogP contribution in [0.25, 0.3) is 0 Å². The Morgan fingerprint density at radius 2 is 2.50 bits per heavy atom. The summed E-state index contributed by atoms with van der Waals surface area (Å²) in [7, 11) is 3.35. The van der Waals surface area contributed by atoms with Crippen molar-refractivity contribution in [1.82, 2.24) is 0 Å². The average Bonchev–Trinajstić information content (AvgIpc) is 1.86. The SMILES string of the molecule is ClC1C=CSS1. The lowest BCUT2D eigenvalue weighted by atomic mass is 10.8. The zero-order valence-corrected chi connectivity index (χ0v) is 5.32. The van der Waals surface area contributed by atoms with Gasteiger partial charge in [0.05, 0.1) is 0 Å². The number of hydrogen-bond donors (Lipinski definition) is 0. The van der Waals surface area contributed by atoms with Gasteiger partial charge in [0.2, 0.25) is 0 Å². The highest BCUT2D eigenvalue weighted by molar-refractivity contribution is 8.78. The molecule has 0 aromatic heterocycles. The highest BCUT2D eigenvalue weighted by Gasteiger charge is 2.03. The summed E-state index contributed by atoms with van der Waals surface area (Å²) in [5, 5.41) is 2.00. The summed E-state index contributed by atoms with van der Waals surface area (Å²) in [4.78, 5) is 0. The van der Waals surface area contributed by atoms with Crippen LogP contribution < -0.4 is 0 Å². The smallest absolute Gasteiger partial charge is 0.106 e. The Morgan fingerprint density at radius 3 is 2.67 bits per heavy atom. The van der Waals surface area contributed by atoms with E-state index in [1.807, 2.05) is 11.5 Å². The Balaban J connectivity index is 2.38. The first-order chi connectivity index (χ1) is 2.89.